The number of quaternary nitrogens is 1. The van der Waals surface area contributed by atoms with Gasteiger partial charge in [-0.05, 0) is 19.4 Å². The van der Waals surface area contributed by atoms with E-state index in [9.17, 15) is 9.59 Å². The van der Waals surface area contributed by atoms with Crippen molar-refractivity contribution >= 4 is 11.9 Å². The second kappa shape index (κ2) is 9.81. The third kappa shape index (κ3) is 17.2. The topological polar surface area (TPSA) is 127 Å². The van der Waals surface area contributed by atoms with Crippen LogP contribution in [0.3, 0.4) is 0 Å². The Bertz CT molecular complexity index is 251. The molecule has 18 heavy (non-hydrogen) atoms. The van der Waals surface area contributed by atoms with E-state index in [1.807, 2.05) is 21.1 Å². The highest BCUT2D eigenvalue weighted by Crippen LogP contribution is 1.96. The van der Waals surface area contributed by atoms with Gasteiger partial charge in [-0.15, -0.1) is 0 Å². The summed E-state index contributed by atoms with van der Waals surface area (Å²) in [4.78, 5) is 20.1. The van der Waals surface area contributed by atoms with Crippen molar-refractivity contribution in [3.63, 3.8) is 0 Å². The van der Waals surface area contributed by atoms with Crippen molar-refractivity contribution < 1.29 is 24.3 Å². The van der Waals surface area contributed by atoms with Crippen LogP contribution < -0.4 is 11.5 Å². The Morgan fingerprint density at radius 1 is 1.17 bits per heavy atom. The number of carboxylic acid groups (broad SMARTS) is 2. The molecule has 0 aromatic rings. The molecular weight excluding hydrogens is 238 g/mol. The molecule has 0 bridgehead atoms. The van der Waals surface area contributed by atoms with E-state index in [0.29, 0.717) is 17.4 Å². The first-order valence-electron chi connectivity index (χ1n) is 5.81. The van der Waals surface area contributed by atoms with Gasteiger partial charge in [-0.25, -0.2) is 4.79 Å². The average molecular weight is 264 g/mol. The van der Waals surface area contributed by atoms with Crippen molar-refractivity contribution in [3.05, 3.63) is 0 Å². The highest BCUT2D eigenvalue weighted by Gasteiger charge is 2.11. The van der Waals surface area contributed by atoms with Gasteiger partial charge in [0.05, 0.1) is 21.1 Å². The molecule has 0 saturated heterocycles. The molecule has 0 fully saturated rings. The van der Waals surface area contributed by atoms with Crippen molar-refractivity contribution in [1.82, 2.24) is 0 Å². The molecule has 7 heteroatoms. The molecule has 0 aromatic carbocycles. The maximum absolute atomic E-state index is 10.1. The lowest BCUT2D eigenvalue weighted by Crippen LogP contribution is -2.39. The Balaban J connectivity index is 0. The second-order valence-electron chi connectivity index (χ2n) is 5.07. The first-order valence-corrected chi connectivity index (χ1v) is 5.81. The zero-order valence-electron chi connectivity index (χ0n) is 11.4. The van der Waals surface area contributed by atoms with E-state index in [2.05, 4.69) is 0 Å². The van der Waals surface area contributed by atoms with Crippen LogP contribution in [0.15, 0.2) is 0 Å². The van der Waals surface area contributed by atoms with E-state index < -0.39 is 18.0 Å². The summed E-state index contributed by atoms with van der Waals surface area (Å²) in [5.74, 6) is -1.69. The number of nitrogens with two attached hydrogens (primary N) is 2. The van der Waals surface area contributed by atoms with Gasteiger partial charge in [0.15, 0.2) is 6.54 Å². The highest BCUT2D eigenvalue weighted by atomic mass is 16.4. The van der Waals surface area contributed by atoms with Gasteiger partial charge >= 0.3 is 11.9 Å². The summed E-state index contributed by atoms with van der Waals surface area (Å²) in [6.07, 6.45) is 2.16. The van der Waals surface area contributed by atoms with Gasteiger partial charge in [-0.3, -0.25) is 4.79 Å². The van der Waals surface area contributed by atoms with Gasteiger partial charge < -0.3 is 26.2 Å². The highest BCUT2D eigenvalue weighted by molar-refractivity contribution is 5.72. The molecule has 0 radical (unpaired) electrons. The predicted molar refractivity (Wildman–Crippen MR) is 69.1 cm³/mol. The number of hydrogen-bond acceptors (Lipinski definition) is 4. The van der Waals surface area contributed by atoms with E-state index >= 15 is 0 Å². The summed E-state index contributed by atoms with van der Waals surface area (Å²) in [6.45, 7) is 0.784. The molecule has 108 valence electrons. The zero-order chi connectivity index (χ0) is 14.8. The molecule has 6 N–H and O–H groups in total. The van der Waals surface area contributed by atoms with Crippen LogP contribution >= 0.6 is 0 Å². The van der Waals surface area contributed by atoms with Crippen LogP contribution in [0.2, 0.25) is 0 Å². The molecule has 0 aliphatic carbocycles. The lowest BCUT2D eigenvalue weighted by Gasteiger charge is -2.20. The number of rotatable bonds is 7. The van der Waals surface area contributed by atoms with Gasteiger partial charge in [0, 0.05) is 0 Å². The Kier molecular flexibility index (Phi) is 10.4. The van der Waals surface area contributed by atoms with Crippen LogP contribution in [-0.2, 0) is 9.59 Å². The molecular formula is C11H26N3O4+. The molecule has 1 atom stereocenters. The molecule has 0 saturated carbocycles. The Morgan fingerprint density at radius 3 is 1.89 bits per heavy atom. The van der Waals surface area contributed by atoms with Crippen molar-refractivity contribution in [3.8, 4) is 0 Å². The van der Waals surface area contributed by atoms with E-state index in [4.69, 9.17) is 21.7 Å². The summed E-state index contributed by atoms with van der Waals surface area (Å²) in [5, 5.41) is 16.6. The summed E-state index contributed by atoms with van der Waals surface area (Å²) < 4.78 is 0.481. The summed E-state index contributed by atoms with van der Waals surface area (Å²) in [5.41, 5.74) is 10.4. The number of unbranched alkanes of at least 4 members (excludes halogenated alkanes) is 1. The lowest BCUT2D eigenvalue weighted by molar-refractivity contribution is -0.862. The molecule has 0 spiro atoms. The van der Waals surface area contributed by atoms with Crippen LogP contribution in [0.4, 0.5) is 0 Å². The van der Waals surface area contributed by atoms with Crippen LogP contribution in [0, 0.1) is 0 Å². The largest absolute Gasteiger partial charge is 0.480 e. The number of nitrogens with zero attached hydrogens (tertiary/aromatic N) is 1. The first kappa shape index (κ1) is 19.2. The van der Waals surface area contributed by atoms with Gasteiger partial charge in [-0.1, -0.05) is 6.42 Å². The summed E-state index contributed by atoms with van der Waals surface area (Å²) in [7, 11) is 5.52. The second-order valence-corrected chi connectivity index (χ2v) is 5.07. The maximum atomic E-state index is 10.1. The van der Waals surface area contributed by atoms with E-state index in [-0.39, 0.29) is 6.54 Å². The normalized spacial score (nSPS) is 12.3. The number of hydrogen-bond donors (Lipinski definition) is 4. The van der Waals surface area contributed by atoms with Crippen LogP contribution in [-0.4, -0.2) is 66.9 Å². The Hall–Kier alpha value is -1.18. The minimum absolute atomic E-state index is 0.181. The SMILES string of the molecule is C[N+](C)(C)CC(=O)O.NCCCCC(N)C(=O)O. The Morgan fingerprint density at radius 2 is 1.67 bits per heavy atom. The third-order valence-corrected chi connectivity index (χ3v) is 1.90. The van der Waals surface area contributed by atoms with Gasteiger partial charge in [0.2, 0.25) is 0 Å². The fourth-order valence-corrected chi connectivity index (χ4v) is 1.04. The molecule has 1 unspecified atom stereocenters. The van der Waals surface area contributed by atoms with Gasteiger partial charge in [0.25, 0.3) is 0 Å². The zero-order valence-corrected chi connectivity index (χ0v) is 11.4. The smallest absolute Gasteiger partial charge is 0.359 e. The minimum Gasteiger partial charge on any atom is -0.480 e. The number of carboxylic acids is 2. The molecule has 0 aliphatic rings. The first-order chi connectivity index (χ1) is 8.10. The van der Waals surface area contributed by atoms with Crippen LogP contribution in [0.1, 0.15) is 19.3 Å². The van der Waals surface area contributed by atoms with Crippen molar-refractivity contribution in [2.45, 2.75) is 25.3 Å². The average Bonchev–Trinajstić information content (AvgIpc) is 2.14. The van der Waals surface area contributed by atoms with Crippen molar-refractivity contribution in [2.75, 3.05) is 34.2 Å². The monoisotopic (exact) mass is 264 g/mol. The summed E-state index contributed by atoms with van der Waals surface area (Å²) in [6, 6.07) is -0.716. The Labute approximate surface area is 108 Å². The van der Waals surface area contributed by atoms with Crippen LogP contribution in [0.25, 0.3) is 0 Å². The predicted octanol–water partition coefficient (Wildman–Crippen LogP) is -0.695. The minimum atomic E-state index is -0.933. The van der Waals surface area contributed by atoms with Crippen molar-refractivity contribution in [2.24, 2.45) is 11.5 Å². The fourth-order valence-electron chi connectivity index (χ4n) is 1.04. The molecule has 0 aliphatic heterocycles. The third-order valence-electron chi connectivity index (χ3n) is 1.90. The standard InChI is InChI=1S/C6H14N2O2.C5H11NO2/c7-4-2-1-3-5(8)6(9)10;1-6(2,3)4-5(7)8/h5H,1-4,7-8H2,(H,9,10);4H2,1-3H3/p+1. The molecule has 0 aromatic heterocycles. The quantitative estimate of drug-likeness (QED) is 0.356. The fraction of sp³-hybridized carbons (Fsp3) is 0.818. The lowest BCUT2D eigenvalue weighted by atomic mass is 10.1. The van der Waals surface area contributed by atoms with Gasteiger partial charge in [0.1, 0.15) is 6.04 Å². The van der Waals surface area contributed by atoms with Crippen molar-refractivity contribution in [1.29, 1.82) is 0 Å². The molecule has 7 nitrogen and oxygen atoms in total. The summed E-state index contributed by atoms with van der Waals surface area (Å²) >= 11 is 0. The number of aliphatic carboxylic acids is 2. The van der Waals surface area contributed by atoms with Crippen LogP contribution in [0.5, 0.6) is 0 Å². The number of carbonyl (C=O) groups is 2. The molecule has 0 heterocycles. The molecule has 0 amide bonds. The van der Waals surface area contributed by atoms with E-state index in [0.717, 1.165) is 12.8 Å². The van der Waals surface area contributed by atoms with Gasteiger partial charge in [-0.2, -0.15) is 0 Å². The molecule has 0 rings (SSSR count). The number of likely N-dealkylation sites (N-methyl/N-ethyl adjacent to an activating group) is 1. The van der Waals surface area contributed by atoms with E-state index in [1.54, 1.807) is 0 Å². The maximum Gasteiger partial charge on any atom is 0.359 e. The van der Waals surface area contributed by atoms with E-state index in [1.165, 1.54) is 0 Å².